The molecule has 0 aliphatic rings. The first kappa shape index (κ1) is 8.49. The second kappa shape index (κ2) is 2.99. The second-order valence-electron chi connectivity index (χ2n) is 2.77. The van der Waals surface area contributed by atoms with Crippen molar-refractivity contribution in [2.75, 3.05) is 0 Å². The number of hydrogen-bond donors (Lipinski definition) is 2. The van der Waals surface area contributed by atoms with Gasteiger partial charge in [-0.25, -0.2) is 14.5 Å². The fraction of sp³-hybridized carbons (Fsp3) is 0.125. The second-order valence-corrected chi connectivity index (χ2v) is 2.77. The van der Waals surface area contributed by atoms with Gasteiger partial charge in [0, 0.05) is 12.4 Å². The highest BCUT2D eigenvalue weighted by atomic mass is 16.4. The molecule has 0 aromatic carbocycles. The molecule has 2 aromatic rings. The zero-order valence-electron chi connectivity index (χ0n) is 7.43. The van der Waals surface area contributed by atoms with Gasteiger partial charge in [-0.1, -0.05) is 0 Å². The van der Waals surface area contributed by atoms with E-state index in [9.17, 15) is 4.79 Å². The summed E-state index contributed by atoms with van der Waals surface area (Å²) in [4.78, 5) is 17.5. The van der Waals surface area contributed by atoms with E-state index in [0.717, 1.165) is 0 Å². The molecule has 0 aliphatic carbocycles. The van der Waals surface area contributed by atoms with E-state index in [4.69, 9.17) is 5.11 Å². The summed E-state index contributed by atoms with van der Waals surface area (Å²) in [5.74, 6) is -0.477. The van der Waals surface area contributed by atoms with Gasteiger partial charge < -0.3 is 10.1 Å². The Kier molecular flexibility index (Phi) is 1.81. The van der Waals surface area contributed by atoms with E-state index < -0.39 is 5.97 Å². The normalized spacial score (nSPS) is 10.4. The molecule has 0 bridgehead atoms. The molecule has 0 amide bonds. The molecule has 0 spiro atoms. The predicted molar refractivity (Wildman–Crippen MR) is 47.4 cm³/mol. The number of imidazole rings is 1. The molecular formula is C8H8N4O2. The molecule has 0 unspecified atom stereocenters. The lowest BCUT2D eigenvalue weighted by Gasteiger charge is -1.98. The minimum atomic E-state index is -0.986. The SMILES string of the molecule is Cc1c(C(=O)O)cnn1-c1ncc[nH]1. The van der Waals surface area contributed by atoms with Crippen LogP contribution < -0.4 is 0 Å². The van der Waals surface area contributed by atoms with Crippen molar-refractivity contribution in [3.05, 3.63) is 29.8 Å². The fourth-order valence-electron chi connectivity index (χ4n) is 1.21. The summed E-state index contributed by atoms with van der Waals surface area (Å²) in [6, 6.07) is 0. The Labute approximate surface area is 79.2 Å². The topological polar surface area (TPSA) is 83.8 Å². The Morgan fingerprint density at radius 2 is 2.43 bits per heavy atom. The largest absolute Gasteiger partial charge is 0.478 e. The number of carboxylic acid groups (broad SMARTS) is 1. The number of aromatic amines is 1. The van der Waals surface area contributed by atoms with Crippen molar-refractivity contribution in [2.45, 2.75) is 6.92 Å². The van der Waals surface area contributed by atoms with Crippen LogP contribution in [0.2, 0.25) is 0 Å². The van der Waals surface area contributed by atoms with Crippen molar-refractivity contribution in [1.82, 2.24) is 19.7 Å². The molecule has 2 aromatic heterocycles. The standard InChI is InChI=1S/C8H8N4O2/c1-5-6(7(13)14)4-11-12(5)8-9-2-3-10-8/h2-4H,1H3,(H,9,10)(H,13,14). The number of carbonyl (C=O) groups is 1. The van der Waals surface area contributed by atoms with Crippen LogP contribution in [0.25, 0.3) is 5.95 Å². The lowest BCUT2D eigenvalue weighted by molar-refractivity contribution is 0.0696. The average Bonchev–Trinajstić information content (AvgIpc) is 2.71. The summed E-state index contributed by atoms with van der Waals surface area (Å²) in [6.07, 6.45) is 4.54. The van der Waals surface area contributed by atoms with Crippen LogP contribution in [0.3, 0.4) is 0 Å². The van der Waals surface area contributed by atoms with Gasteiger partial charge in [-0.05, 0) is 6.92 Å². The first-order valence-corrected chi connectivity index (χ1v) is 3.98. The van der Waals surface area contributed by atoms with Gasteiger partial charge in [0.2, 0.25) is 5.95 Å². The van der Waals surface area contributed by atoms with Crippen molar-refractivity contribution in [3.8, 4) is 5.95 Å². The Hall–Kier alpha value is -2.11. The Morgan fingerprint density at radius 3 is 2.93 bits per heavy atom. The maximum atomic E-state index is 10.7. The van der Waals surface area contributed by atoms with Crippen molar-refractivity contribution < 1.29 is 9.90 Å². The first-order valence-electron chi connectivity index (χ1n) is 3.98. The lowest BCUT2D eigenvalue weighted by atomic mass is 10.3. The van der Waals surface area contributed by atoms with Gasteiger partial charge in [0.05, 0.1) is 11.9 Å². The van der Waals surface area contributed by atoms with E-state index in [1.54, 1.807) is 19.3 Å². The number of aromatic carboxylic acids is 1. The van der Waals surface area contributed by atoms with Crippen LogP contribution in [0.4, 0.5) is 0 Å². The van der Waals surface area contributed by atoms with Crippen LogP contribution in [0.5, 0.6) is 0 Å². The quantitative estimate of drug-likeness (QED) is 0.729. The van der Waals surface area contributed by atoms with Gasteiger partial charge in [-0.3, -0.25) is 0 Å². The molecular weight excluding hydrogens is 184 g/mol. The number of carboxylic acids is 1. The lowest BCUT2D eigenvalue weighted by Crippen LogP contribution is -2.03. The molecule has 0 saturated carbocycles. The molecule has 0 radical (unpaired) electrons. The number of hydrogen-bond acceptors (Lipinski definition) is 3. The molecule has 2 heterocycles. The van der Waals surface area contributed by atoms with Crippen LogP contribution in [0.1, 0.15) is 16.1 Å². The van der Waals surface area contributed by atoms with E-state index in [1.807, 2.05) is 0 Å². The monoisotopic (exact) mass is 192 g/mol. The van der Waals surface area contributed by atoms with E-state index in [1.165, 1.54) is 10.9 Å². The summed E-state index contributed by atoms with van der Waals surface area (Å²) >= 11 is 0. The number of nitrogens with zero attached hydrogens (tertiary/aromatic N) is 3. The van der Waals surface area contributed by atoms with E-state index in [0.29, 0.717) is 11.6 Å². The zero-order chi connectivity index (χ0) is 10.1. The highest BCUT2D eigenvalue weighted by Crippen LogP contribution is 2.10. The minimum Gasteiger partial charge on any atom is -0.478 e. The summed E-state index contributed by atoms with van der Waals surface area (Å²) in [5, 5.41) is 12.7. The molecule has 14 heavy (non-hydrogen) atoms. The van der Waals surface area contributed by atoms with Crippen molar-refractivity contribution >= 4 is 5.97 Å². The van der Waals surface area contributed by atoms with E-state index in [2.05, 4.69) is 15.1 Å². The molecule has 72 valence electrons. The highest BCUT2D eigenvalue weighted by molar-refractivity contribution is 5.88. The van der Waals surface area contributed by atoms with Gasteiger partial charge in [0.15, 0.2) is 0 Å². The van der Waals surface area contributed by atoms with Crippen LogP contribution >= 0.6 is 0 Å². The minimum absolute atomic E-state index is 0.182. The van der Waals surface area contributed by atoms with E-state index >= 15 is 0 Å². The summed E-state index contributed by atoms with van der Waals surface area (Å²) < 4.78 is 1.45. The van der Waals surface area contributed by atoms with Gasteiger partial charge in [-0.2, -0.15) is 5.10 Å². The molecule has 0 atom stereocenters. The number of rotatable bonds is 2. The number of H-pyrrole nitrogens is 1. The zero-order valence-corrected chi connectivity index (χ0v) is 7.43. The summed E-state index contributed by atoms with van der Waals surface area (Å²) in [7, 11) is 0. The summed E-state index contributed by atoms with van der Waals surface area (Å²) in [5.41, 5.74) is 0.730. The smallest absolute Gasteiger partial charge is 0.339 e. The fourth-order valence-corrected chi connectivity index (χ4v) is 1.21. The molecule has 2 rings (SSSR count). The molecule has 0 saturated heterocycles. The molecule has 0 fully saturated rings. The molecule has 6 nitrogen and oxygen atoms in total. The maximum absolute atomic E-state index is 10.7. The Bertz CT molecular complexity index is 458. The van der Waals surface area contributed by atoms with Crippen LogP contribution in [0.15, 0.2) is 18.6 Å². The van der Waals surface area contributed by atoms with Crippen molar-refractivity contribution in [2.24, 2.45) is 0 Å². The Morgan fingerprint density at radius 1 is 1.64 bits per heavy atom. The molecule has 2 N–H and O–H groups in total. The third-order valence-corrected chi connectivity index (χ3v) is 1.92. The van der Waals surface area contributed by atoms with Crippen LogP contribution in [-0.4, -0.2) is 30.8 Å². The maximum Gasteiger partial charge on any atom is 0.339 e. The number of nitrogens with one attached hydrogen (secondary N) is 1. The van der Waals surface area contributed by atoms with Crippen molar-refractivity contribution in [1.29, 1.82) is 0 Å². The third kappa shape index (κ3) is 1.17. The molecule has 0 aliphatic heterocycles. The predicted octanol–water partition coefficient (Wildman–Crippen LogP) is 0.602. The highest BCUT2D eigenvalue weighted by Gasteiger charge is 2.14. The summed E-state index contributed by atoms with van der Waals surface area (Å²) in [6.45, 7) is 1.68. The van der Waals surface area contributed by atoms with Gasteiger partial charge >= 0.3 is 5.97 Å². The van der Waals surface area contributed by atoms with E-state index in [-0.39, 0.29) is 5.56 Å². The molecule has 6 heteroatoms. The van der Waals surface area contributed by atoms with Crippen LogP contribution in [0, 0.1) is 6.92 Å². The van der Waals surface area contributed by atoms with Gasteiger partial charge in [0.1, 0.15) is 5.56 Å². The number of aromatic nitrogens is 4. The van der Waals surface area contributed by atoms with Gasteiger partial charge in [-0.15, -0.1) is 0 Å². The van der Waals surface area contributed by atoms with Gasteiger partial charge in [0.25, 0.3) is 0 Å². The van der Waals surface area contributed by atoms with Crippen LogP contribution in [-0.2, 0) is 0 Å². The average molecular weight is 192 g/mol. The van der Waals surface area contributed by atoms with Crippen molar-refractivity contribution in [3.63, 3.8) is 0 Å². The Balaban J connectivity index is 2.52. The first-order chi connectivity index (χ1) is 6.70. The third-order valence-electron chi connectivity index (χ3n) is 1.92.